The molecular formula is C32H28FN7O6. The molecule has 0 amide bonds. The number of fused-ring (bicyclic) bond motifs is 2. The van der Waals surface area contributed by atoms with Crippen LogP contribution in [0.1, 0.15) is 47.2 Å². The molecule has 13 nitrogen and oxygen atoms in total. The standard InChI is InChI=1S/C32H28FN7O6/c1-4-37-17-22(31(43)45-5-2)29(41)21-12-24(33)27(14-26(21)37)39-16-20(34-36-39)15-38-18-23(32(44)46-6-3)30(42)40-28(38)13-25(35-40)19-10-8-7-9-11-19/h7-14,16-18H,4-6,15H2,1-3H3. The van der Waals surface area contributed by atoms with Gasteiger partial charge in [0.15, 0.2) is 0 Å². The fraction of sp³-hybridized carbons (Fsp3) is 0.219. The monoisotopic (exact) mass is 625 g/mol. The number of benzene rings is 2. The van der Waals surface area contributed by atoms with Crippen molar-refractivity contribution in [1.82, 2.24) is 33.7 Å². The maximum absolute atomic E-state index is 15.5. The summed E-state index contributed by atoms with van der Waals surface area (Å²) in [4.78, 5) is 51.4. The molecule has 6 aromatic rings. The Morgan fingerprint density at radius 3 is 2.26 bits per heavy atom. The molecule has 0 aliphatic carbocycles. The third kappa shape index (κ3) is 5.33. The molecule has 0 atom stereocenters. The van der Waals surface area contributed by atoms with Crippen molar-refractivity contribution < 1.29 is 23.5 Å². The molecule has 4 aromatic heterocycles. The lowest BCUT2D eigenvalue weighted by atomic mass is 10.1. The summed E-state index contributed by atoms with van der Waals surface area (Å²) >= 11 is 0. The van der Waals surface area contributed by atoms with E-state index in [1.54, 1.807) is 29.0 Å². The Morgan fingerprint density at radius 2 is 1.57 bits per heavy atom. The van der Waals surface area contributed by atoms with E-state index in [0.717, 1.165) is 16.1 Å². The lowest BCUT2D eigenvalue weighted by Gasteiger charge is -2.13. The van der Waals surface area contributed by atoms with E-state index in [1.165, 1.54) is 29.3 Å². The maximum Gasteiger partial charge on any atom is 0.345 e. The van der Waals surface area contributed by atoms with Crippen molar-refractivity contribution in [3.63, 3.8) is 0 Å². The zero-order valence-electron chi connectivity index (χ0n) is 25.1. The Bertz CT molecular complexity index is 2250. The highest BCUT2D eigenvalue weighted by molar-refractivity contribution is 5.94. The van der Waals surface area contributed by atoms with Crippen molar-refractivity contribution in [3.8, 4) is 16.9 Å². The largest absolute Gasteiger partial charge is 0.462 e. The Balaban J connectivity index is 1.42. The third-order valence-corrected chi connectivity index (χ3v) is 7.36. The summed E-state index contributed by atoms with van der Waals surface area (Å²) in [6.07, 6.45) is 4.27. The van der Waals surface area contributed by atoms with Gasteiger partial charge in [0.05, 0.1) is 37.2 Å². The molecule has 4 heterocycles. The van der Waals surface area contributed by atoms with E-state index in [9.17, 15) is 19.2 Å². The Labute approximate surface area is 260 Å². The quantitative estimate of drug-likeness (QED) is 0.220. The topological polar surface area (TPSA) is 145 Å². The average Bonchev–Trinajstić information content (AvgIpc) is 3.72. The Morgan fingerprint density at radius 1 is 0.870 bits per heavy atom. The van der Waals surface area contributed by atoms with Crippen molar-refractivity contribution in [1.29, 1.82) is 0 Å². The summed E-state index contributed by atoms with van der Waals surface area (Å²) in [5, 5.41) is 12.8. The summed E-state index contributed by atoms with van der Waals surface area (Å²) in [6.45, 7) is 5.68. The van der Waals surface area contributed by atoms with Crippen LogP contribution in [0.15, 0.2) is 76.7 Å². The van der Waals surface area contributed by atoms with E-state index in [0.29, 0.717) is 29.1 Å². The molecule has 234 valence electrons. The van der Waals surface area contributed by atoms with E-state index in [1.807, 2.05) is 37.3 Å². The van der Waals surface area contributed by atoms with Crippen LogP contribution in [-0.2, 0) is 22.6 Å². The number of nitrogens with zero attached hydrogens (tertiary/aromatic N) is 7. The van der Waals surface area contributed by atoms with Crippen molar-refractivity contribution >= 4 is 28.5 Å². The number of aryl methyl sites for hydroxylation is 1. The van der Waals surface area contributed by atoms with Crippen LogP contribution in [0, 0.1) is 5.82 Å². The van der Waals surface area contributed by atoms with Gasteiger partial charge in [-0.15, -0.1) is 5.10 Å². The highest BCUT2D eigenvalue weighted by Crippen LogP contribution is 2.23. The number of carbonyl (C=O) groups is 2. The molecule has 0 N–H and O–H groups in total. The van der Waals surface area contributed by atoms with Crippen molar-refractivity contribution in [2.24, 2.45) is 0 Å². The smallest absolute Gasteiger partial charge is 0.345 e. The summed E-state index contributed by atoms with van der Waals surface area (Å²) in [7, 11) is 0. The molecule has 0 radical (unpaired) electrons. The van der Waals surface area contributed by atoms with Gasteiger partial charge in [-0.25, -0.2) is 18.7 Å². The second-order valence-electron chi connectivity index (χ2n) is 10.2. The fourth-order valence-corrected chi connectivity index (χ4v) is 5.20. The number of pyridine rings is 1. The molecule has 0 aliphatic rings. The van der Waals surface area contributed by atoms with Gasteiger partial charge in [-0.2, -0.15) is 9.61 Å². The van der Waals surface area contributed by atoms with E-state index in [-0.39, 0.29) is 42.0 Å². The molecule has 0 unspecified atom stereocenters. The lowest BCUT2D eigenvalue weighted by molar-refractivity contribution is 0.0514. The van der Waals surface area contributed by atoms with Crippen molar-refractivity contribution in [2.45, 2.75) is 33.9 Å². The number of hydrogen-bond donors (Lipinski definition) is 0. The van der Waals surface area contributed by atoms with Crippen LogP contribution in [0.5, 0.6) is 0 Å². The molecule has 0 saturated heterocycles. The first-order valence-corrected chi connectivity index (χ1v) is 14.5. The van der Waals surface area contributed by atoms with Gasteiger partial charge in [-0.3, -0.25) is 9.59 Å². The van der Waals surface area contributed by atoms with Crippen LogP contribution < -0.4 is 11.0 Å². The van der Waals surface area contributed by atoms with Crippen LogP contribution in [0.3, 0.4) is 0 Å². The zero-order valence-corrected chi connectivity index (χ0v) is 25.1. The van der Waals surface area contributed by atoms with Crippen LogP contribution in [0.4, 0.5) is 4.39 Å². The molecule has 0 spiro atoms. The molecule has 0 bridgehead atoms. The van der Waals surface area contributed by atoms with E-state index in [4.69, 9.17) is 9.47 Å². The summed E-state index contributed by atoms with van der Waals surface area (Å²) in [5.41, 5.74) is 0.768. The van der Waals surface area contributed by atoms with Gasteiger partial charge in [0, 0.05) is 36.0 Å². The second kappa shape index (κ2) is 12.2. The van der Waals surface area contributed by atoms with Gasteiger partial charge in [0.2, 0.25) is 5.43 Å². The number of carbonyl (C=O) groups excluding carboxylic acids is 2. The highest BCUT2D eigenvalue weighted by Gasteiger charge is 2.22. The van der Waals surface area contributed by atoms with Crippen LogP contribution in [-0.4, -0.2) is 58.9 Å². The molecular weight excluding hydrogens is 597 g/mol. The number of aromatic nitrogens is 7. The van der Waals surface area contributed by atoms with Gasteiger partial charge in [-0.05, 0) is 32.9 Å². The van der Waals surface area contributed by atoms with Gasteiger partial charge < -0.3 is 18.6 Å². The normalized spacial score (nSPS) is 11.3. The number of hydrogen-bond acceptors (Lipinski definition) is 9. The van der Waals surface area contributed by atoms with Crippen LogP contribution in [0.25, 0.3) is 33.5 Å². The summed E-state index contributed by atoms with van der Waals surface area (Å²) < 4.78 is 31.3. The maximum atomic E-state index is 15.5. The fourth-order valence-electron chi connectivity index (χ4n) is 5.20. The lowest BCUT2D eigenvalue weighted by Crippen LogP contribution is -2.27. The SMILES string of the molecule is CCOC(=O)c1cn(CC)c2cc(-n3cc(Cn4cc(C(=O)OCC)c(=O)n5nc(-c6ccccc6)cc45)nn3)c(F)cc2c1=O. The molecule has 2 aromatic carbocycles. The molecule has 0 aliphatic heterocycles. The minimum Gasteiger partial charge on any atom is -0.462 e. The van der Waals surface area contributed by atoms with Gasteiger partial charge in [-0.1, -0.05) is 35.5 Å². The zero-order chi connectivity index (χ0) is 32.5. The Hall–Kier alpha value is -5.92. The first-order chi connectivity index (χ1) is 22.2. The molecule has 0 fully saturated rings. The van der Waals surface area contributed by atoms with Crippen molar-refractivity contribution in [3.05, 3.63) is 110 Å². The predicted molar refractivity (Wildman–Crippen MR) is 165 cm³/mol. The molecule has 14 heteroatoms. The van der Waals surface area contributed by atoms with E-state index >= 15 is 4.39 Å². The summed E-state index contributed by atoms with van der Waals surface area (Å²) in [5.74, 6) is -2.34. The average molecular weight is 626 g/mol. The number of rotatable bonds is 9. The number of halogens is 1. The highest BCUT2D eigenvalue weighted by atomic mass is 19.1. The van der Waals surface area contributed by atoms with Crippen LogP contribution >= 0.6 is 0 Å². The van der Waals surface area contributed by atoms with Gasteiger partial charge in [0.25, 0.3) is 5.56 Å². The molecule has 6 rings (SSSR count). The van der Waals surface area contributed by atoms with Gasteiger partial charge in [0.1, 0.15) is 34.0 Å². The van der Waals surface area contributed by atoms with Gasteiger partial charge >= 0.3 is 11.9 Å². The second-order valence-corrected chi connectivity index (χ2v) is 10.2. The van der Waals surface area contributed by atoms with E-state index < -0.39 is 28.7 Å². The molecule has 46 heavy (non-hydrogen) atoms. The minimum atomic E-state index is -0.796. The summed E-state index contributed by atoms with van der Waals surface area (Å²) in [6, 6.07) is 13.5. The first kappa shape index (κ1) is 30.1. The molecule has 0 saturated carbocycles. The third-order valence-electron chi connectivity index (χ3n) is 7.36. The predicted octanol–water partition coefficient (Wildman–Crippen LogP) is 3.62. The number of esters is 2. The minimum absolute atomic E-state index is 0.0183. The van der Waals surface area contributed by atoms with Crippen molar-refractivity contribution in [2.75, 3.05) is 13.2 Å². The van der Waals surface area contributed by atoms with E-state index in [2.05, 4.69) is 15.4 Å². The van der Waals surface area contributed by atoms with Crippen LogP contribution in [0.2, 0.25) is 0 Å². The first-order valence-electron chi connectivity index (χ1n) is 14.5. The Kier molecular flexibility index (Phi) is 8.01. The number of ether oxygens (including phenoxy) is 2.